The second kappa shape index (κ2) is 7.28. The molecule has 4 rings (SSSR count). The molecule has 3 aromatic rings. The molecular formula is C18H20N4O2S2. The van der Waals surface area contributed by atoms with Gasteiger partial charge in [0.15, 0.2) is 16.7 Å². The molecule has 0 unspecified atom stereocenters. The molecule has 1 amide bonds. The predicted molar refractivity (Wildman–Crippen MR) is 102 cm³/mol. The quantitative estimate of drug-likeness (QED) is 0.621. The topological polar surface area (TPSA) is 64.2 Å². The Balaban J connectivity index is 1.45. The summed E-state index contributed by atoms with van der Waals surface area (Å²) >= 11 is 3.22. The summed E-state index contributed by atoms with van der Waals surface area (Å²) in [5.41, 5.74) is 1.29. The number of carbonyl (C=O) groups is 1. The van der Waals surface area contributed by atoms with Gasteiger partial charge in [0.25, 0.3) is 0 Å². The van der Waals surface area contributed by atoms with Crippen molar-refractivity contribution in [2.45, 2.75) is 38.0 Å². The van der Waals surface area contributed by atoms with Crippen LogP contribution in [-0.2, 0) is 17.8 Å². The first kappa shape index (κ1) is 17.4. The van der Waals surface area contributed by atoms with Crippen LogP contribution < -0.4 is 0 Å². The van der Waals surface area contributed by atoms with E-state index >= 15 is 0 Å². The van der Waals surface area contributed by atoms with Crippen molar-refractivity contribution in [3.05, 3.63) is 40.3 Å². The van der Waals surface area contributed by atoms with E-state index in [1.54, 1.807) is 17.6 Å². The highest BCUT2D eigenvalue weighted by atomic mass is 32.2. The second-order valence-corrected chi connectivity index (χ2v) is 8.07. The molecule has 0 aliphatic carbocycles. The molecule has 1 aliphatic rings. The van der Waals surface area contributed by atoms with E-state index in [9.17, 15) is 4.79 Å². The van der Waals surface area contributed by atoms with Gasteiger partial charge in [-0.2, -0.15) is 0 Å². The van der Waals surface area contributed by atoms with Crippen molar-refractivity contribution in [1.82, 2.24) is 19.7 Å². The van der Waals surface area contributed by atoms with Crippen molar-refractivity contribution in [2.24, 2.45) is 0 Å². The number of carbonyl (C=O) groups excluding carboxylic acids is 1. The van der Waals surface area contributed by atoms with Gasteiger partial charge in [-0.05, 0) is 49.4 Å². The van der Waals surface area contributed by atoms with Crippen LogP contribution in [0.4, 0.5) is 0 Å². The van der Waals surface area contributed by atoms with Gasteiger partial charge in [0.2, 0.25) is 5.91 Å². The molecule has 0 N–H and O–H groups in total. The Morgan fingerprint density at radius 2 is 2.31 bits per heavy atom. The van der Waals surface area contributed by atoms with Crippen molar-refractivity contribution < 1.29 is 9.21 Å². The van der Waals surface area contributed by atoms with Gasteiger partial charge in [-0.1, -0.05) is 11.8 Å². The maximum Gasteiger partial charge on any atom is 0.233 e. The molecule has 1 aliphatic heterocycles. The first-order chi connectivity index (χ1) is 12.7. The molecule has 26 heavy (non-hydrogen) atoms. The lowest BCUT2D eigenvalue weighted by atomic mass is 10.0. The monoisotopic (exact) mass is 388 g/mol. The molecule has 0 spiro atoms. The largest absolute Gasteiger partial charge is 0.461 e. The number of rotatable bonds is 5. The molecule has 3 aromatic heterocycles. The summed E-state index contributed by atoms with van der Waals surface area (Å²) in [5, 5.41) is 11.3. The van der Waals surface area contributed by atoms with E-state index in [-0.39, 0.29) is 11.9 Å². The zero-order valence-corrected chi connectivity index (χ0v) is 16.3. The predicted octanol–water partition coefficient (Wildman–Crippen LogP) is 3.86. The molecule has 0 saturated carbocycles. The molecule has 0 fully saturated rings. The van der Waals surface area contributed by atoms with Crippen LogP contribution in [0.25, 0.3) is 11.6 Å². The summed E-state index contributed by atoms with van der Waals surface area (Å²) in [7, 11) is 0. The van der Waals surface area contributed by atoms with Crippen molar-refractivity contribution >= 4 is 29.0 Å². The zero-order chi connectivity index (χ0) is 18.1. The minimum Gasteiger partial charge on any atom is -0.461 e. The fraction of sp³-hybridized carbons (Fsp3) is 0.389. The van der Waals surface area contributed by atoms with E-state index in [4.69, 9.17) is 4.42 Å². The molecule has 8 heteroatoms. The van der Waals surface area contributed by atoms with Gasteiger partial charge in [-0.3, -0.25) is 9.36 Å². The summed E-state index contributed by atoms with van der Waals surface area (Å²) in [6.07, 6.45) is 2.57. The number of furan rings is 1. The number of hydrogen-bond donors (Lipinski definition) is 0. The second-order valence-electron chi connectivity index (χ2n) is 6.13. The first-order valence-electron chi connectivity index (χ1n) is 8.64. The lowest BCUT2D eigenvalue weighted by molar-refractivity contribution is -0.130. The van der Waals surface area contributed by atoms with Gasteiger partial charge in [-0.25, -0.2) is 0 Å². The Bertz CT molecular complexity index is 900. The Kier molecular flexibility index (Phi) is 4.86. The summed E-state index contributed by atoms with van der Waals surface area (Å²) in [4.78, 5) is 16.2. The Morgan fingerprint density at radius 3 is 3.08 bits per heavy atom. The Hall–Kier alpha value is -2.06. The number of thioether (sulfide) groups is 1. The van der Waals surface area contributed by atoms with Gasteiger partial charge in [-0.15, -0.1) is 21.5 Å². The third-order valence-electron chi connectivity index (χ3n) is 4.70. The Morgan fingerprint density at radius 1 is 1.42 bits per heavy atom. The summed E-state index contributed by atoms with van der Waals surface area (Å²) in [5.74, 6) is 1.89. The van der Waals surface area contributed by atoms with Crippen LogP contribution in [0.3, 0.4) is 0 Å². The third kappa shape index (κ3) is 3.07. The van der Waals surface area contributed by atoms with E-state index in [1.165, 1.54) is 22.2 Å². The summed E-state index contributed by atoms with van der Waals surface area (Å²) in [6, 6.07) is 5.97. The first-order valence-corrected chi connectivity index (χ1v) is 10.5. The fourth-order valence-corrected chi connectivity index (χ4v) is 5.18. The minimum absolute atomic E-state index is 0.140. The van der Waals surface area contributed by atoms with Crippen LogP contribution in [0.5, 0.6) is 0 Å². The maximum absolute atomic E-state index is 12.8. The van der Waals surface area contributed by atoms with E-state index in [1.807, 2.05) is 28.5 Å². The van der Waals surface area contributed by atoms with Gasteiger partial charge >= 0.3 is 0 Å². The molecule has 0 aromatic carbocycles. The lowest BCUT2D eigenvalue weighted by Crippen LogP contribution is -2.39. The molecule has 136 valence electrons. The molecule has 4 heterocycles. The van der Waals surface area contributed by atoms with Crippen LogP contribution in [0.15, 0.2) is 39.4 Å². The highest BCUT2D eigenvalue weighted by molar-refractivity contribution is 7.99. The smallest absolute Gasteiger partial charge is 0.233 e. The van der Waals surface area contributed by atoms with Gasteiger partial charge in [0.05, 0.1) is 18.1 Å². The fourth-order valence-electron chi connectivity index (χ4n) is 3.33. The molecular weight excluding hydrogens is 368 g/mol. The number of fused-ring (bicyclic) bond motifs is 1. The average molecular weight is 389 g/mol. The maximum atomic E-state index is 12.8. The molecule has 0 radical (unpaired) electrons. The van der Waals surface area contributed by atoms with Crippen LogP contribution >= 0.6 is 23.1 Å². The van der Waals surface area contributed by atoms with Crippen molar-refractivity contribution in [1.29, 1.82) is 0 Å². The van der Waals surface area contributed by atoms with Gasteiger partial charge in [0.1, 0.15) is 0 Å². The number of aromatic nitrogens is 3. The third-order valence-corrected chi connectivity index (χ3v) is 6.64. The van der Waals surface area contributed by atoms with Gasteiger partial charge in [0, 0.05) is 18.0 Å². The van der Waals surface area contributed by atoms with Crippen LogP contribution in [0.1, 0.15) is 30.3 Å². The summed E-state index contributed by atoms with van der Waals surface area (Å²) in [6.45, 7) is 5.65. The number of nitrogens with zero attached hydrogens (tertiary/aromatic N) is 4. The van der Waals surface area contributed by atoms with Crippen molar-refractivity contribution in [3.63, 3.8) is 0 Å². The molecule has 1 atom stereocenters. The molecule has 0 bridgehead atoms. The molecule has 0 saturated heterocycles. The van der Waals surface area contributed by atoms with Gasteiger partial charge < -0.3 is 9.32 Å². The lowest BCUT2D eigenvalue weighted by Gasteiger charge is -2.33. The van der Waals surface area contributed by atoms with Crippen molar-refractivity contribution in [2.75, 3.05) is 12.3 Å². The normalized spacial score (nSPS) is 16.7. The minimum atomic E-state index is 0.140. The number of amides is 1. The van der Waals surface area contributed by atoms with E-state index in [0.29, 0.717) is 17.3 Å². The zero-order valence-electron chi connectivity index (χ0n) is 14.7. The summed E-state index contributed by atoms with van der Waals surface area (Å²) < 4.78 is 7.41. The van der Waals surface area contributed by atoms with Crippen LogP contribution in [0, 0.1) is 0 Å². The standard InChI is InChI=1S/C18H20N4O2S2/c1-3-21-17(14-5-4-9-24-14)19-20-18(21)26-11-16(23)22-8-6-15-13(12(22)2)7-10-25-15/h4-5,7,9-10,12H,3,6,8,11H2,1-2H3/t12-/m0/s1. The van der Waals surface area contributed by atoms with Crippen LogP contribution in [0.2, 0.25) is 0 Å². The number of thiophene rings is 1. The van der Waals surface area contributed by atoms with E-state index in [0.717, 1.165) is 24.7 Å². The highest BCUT2D eigenvalue weighted by Gasteiger charge is 2.28. The van der Waals surface area contributed by atoms with Crippen molar-refractivity contribution in [3.8, 4) is 11.6 Å². The Labute approximate surface area is 160 Å². The highest BCUT2D eigenvalue weighted by Crippen LogP contribution is 2.33. The number of hydrogen-bond acceptors (Lipinski definition) is 6. The SMILES string of the molecule is CCn1c(SCC(=O)N2CCc3sccc3[C@@H]2C)nnc1-c1ccco1. The van der Waals surface area contributed by atoms with E-state index in [2.05, 4.69) is 28.6 Å². The molecule has 6 nitrogen and oxygen atoms in total. The average Bonchev–Trinajstić information content (AvgIpc) is 3.38. The van der Waals surface area contributed by atoms with E-state index < -0.39 is 0 Å². The van der Waals surface area contributed by atoms with Crippen LogP contribution in [-0.4, -0.2) is 37.9 Å².